The molecule has 1 saturated heterocycles. The molecule has 0 radical (unpaired) electrons. The minimum absolute atomic E-state index is 0.0856. The molecule has 0 N–H and O–H groups in total. The summed E-state index contributed by atoms with van der Waals surface area (Å²) in [6.07, 6.45) is 10.7. The molecule has 0 unspecified atom stereocenters. The highest BCUT2D eigenvalue weighted by atomic mass is 16.2. The lowest BCUT2D eigenvalue weighted by atomic mass is 9.85. The molecule has 3 heterocycles. The first-order valence-electron chi connectivity index (χ1n) is 9.38. The SMILES string of the molecule is CCc1cnccc1C(=O)N(C)C[C@@H]1CCCN(C)[C@H]1c1cnn(C)c1. The van der Waals surface area contributed by atoms with Gasteiger partial charge >= 0.3 is 0 Å². The predicted octanol–water partition coefficient (Wildman–Crippen LogP) is 2.53. The number of aryl methyl sites for hydroxylation is 2. The van der Waals surface area contributed by atoms with Crippen LogP contribution in [0.15, 0.2) is 30.9 Å². The zero-order valence-electron chi connectivity index (χ0n) is 16.2. The van der Waals surface area contributed by atoms with Crippen molar-refractivity contribution in [3.05, 3.63) is 47.5 Å². The quantitative estimate of drug-likeness (QED) is 0.827. The van der Waals surface area contributed by atoms with Gasteiger partial charge in [0.2, 0.25) is 0 Å². The standard InChI is InChI=1S/C20H29N5O/c1-5-15-11-21-9-8-18(15)20(26)24(3)13-16-7-6-10-23(2)19(16)17-12-22-25(4)14-17/h8-9,11-12,14,16,19H,5-7,10,13H2,1-4H3/t16-,19+/m0/s1. The number of aromatic nitrogens is 3. The van der Waals surface area contributed by atoms with E-state index in [0.29, 0.717) is 12.0 Å². The Labute approximate surface area is 155 Å². The van der Waals surface area contributed by atoms with Crippen LogP contribution in [0.3, 0.4) is 0 Å². The van der Waals surface area contributed by atoms with E-state index in [1.54, 1.807) is 12.4 Å². The number of hydrogen-bond donors (Lipinski definition) is 0. The van der Waals surface area contributed by atoms with Crippen LogP contribution < -0.4 is 0 Å². The van der Waals surface area contributed by atoms with E-state index in [1.165, 1.54) is 5.56 Å². The molecule has 1 fully saturated rings. The van der Waals surface area contributed by atoms with Crippen LogP contribution in [0.5, 0.6) is 0 Å². The summed E-state index contributed by atoms with van der Waals surface area (Å²) in [5.74, 6) is 0.487. The van der Waals surface area contributed by atoms with Crippen LogP contribution in [-0.4, -0.2) is 57.7 Å². The maximum Gasteiger partial charge on any atom is 0.253 e. The van der Waals surface area contributed by atoms with Crippen molar-refractivity contribution in [2.45, 2.75) is 32.2 Å². The third kappa shape index (κ3) is 3.80. The average molecular weight is 355 g/mol. The van der Waals surface area contributed by atoms with Gasteiger partial charge in [0, 0.05) is 56.4 Å². The molecule has 1 aliphatic heterocycles. The smallest absolute Gasteiger partial charge is 0.253 e. The molecule has 1 amide bonds. The lowest BCUT2D eigenvalue weighted by Crippen LogP contribution is -2.42. The van der Waals surface area contributed by atoms with E-state index in [9.17, 15) is 4.79 Å². The van der Waals surface area contributed by atoms with Gasteiger partial charge in [-0.25, -0.2) is 0 Å². The Bertz CT molecular complexity index is 756. The summed E-state index contributed by atoms with van der Waals surface area (Å²) >= 11 is 0. The van der Waals surface area contributed by atoms with E-state index in [-0.39, 0.29) is 5.91 Å². The second-order valence-corrected chi connectivity index (χ2v) is 7.35. The van der Waals surface area contributed by atoms with E-state index in [2.05, 4.69) is 35.2 Å². The Morgan fingerprint density at radius 3 is 2.85 bits per heavy atom. The highest BCUT2D eigenvalue weighted by Gasteiger charge is 2.33. The Kier molecular flexibility index (Phi) is 5.71. The molecule has 6 nitrogen and oxygen atoms in total. The number of carbonyl (C=O) groups excluding carboxylic acids is 1. The number of piperidine rings is 1. The van der Waals surface area contributed by atoms with Crippen LogP contribution in [0, 0.1) is 5.92 Å². The average Bonchev–Trinajstić information content (AvgIpc) is 3.07. The first kappa shape index (κ1) is 18.6. The maximum absolute atomic E-state index is 13.0. The lowest BCUT2D eigenvalue weighted by molar-refractivity contribution is 0.0644. The Morgan fingerprint density at radius 2 is 2.15 bits per heavy atom. The number of likely N-dealkylation sites (tertiary alicyclic amines) is 1. The normalized spacial score (nSPS) is 20.9. The number of nitrogens with zero attached hydrogens (tertiary/aromatic N) is 5. The van der Waals surface area contributed by atoms with Crippen molar-refractivity contribution in [2.75, 3.05) is 27.2 Å². The van der Waals surface area contributed by atoms with E-state index in [4.69, 9.17) is 0 Å². The maximum atomic E-state index is 13.0. The number of carbonyl (C=O) groups is 1. The minimum atomic E-state index is 0.0856. The Balaban J connectivity index is 1.78. The van der Waals surface area contributed by atoms with Crippen LogP contribution in [0.2, 0.25) is 0 Å². The Morgan fingerprint density at radius 1 is 1.35 bits per heavy atom. The van der Waals surface area contributed by atoms with Crippen molar-refractivity contribution in [1.82, 2.24) is 24.6 Å². The molecule has 0 aromatic carbocycles. The summed E-state index contributed by atoms with van der Waals surface area (Å²) in [4.78, 5) is 21.4. The fourth-order valence-corrected chi connectivity index (χ4v) is 4.13. The number of rotatable bonds is 5. The second-order valence-electron chi connectivity index (χ2n) is 7.35. The molecule has 2 aromatic rings. The van der Waals surface area contributed by atoms with Crippen LogP contribution in [0.4, 0.5) is 0 Å². The van der Waals surface area contributed by atoms with Crippen molar-refractivity contribution in [3.63, 3.8) is 0 Å². The van der Waals surface area contributed by atoms with E-state index in [0.717, 1.165) is 43.5 Å². The van der Waals surface area contributed by atoms with Crippen LogP contribution in [0.1, 0.15) is 47.3 Å². The van der Waals surface area contributed by atoms with Gasteiger partial charge in [0.1, 0.15) is 0 Å². The van der Waals surface area contributed by atoms with Gasteiger partial charge in [-0.15, -0.1) is 0 Å². The summed E-state index contributed by atoms with van der Waals surface area (Å²) in [5, 5.41) is 4.35. The van der Waals surface area contributed by atoms with E-state index < -0.39 is 0 Å². The third-order valence-corrected chi connectivity index (χ3v) is 5.44. The highest BCUT2D eigenvalue weighted by Crippen LogP contribution is 2.35. The molecular formula is C20H29N5O. The molecule has 140 valence electrons. The first-order chi connectivity index (χ1) is 12.5. The van der Waals surface area contributed by atoms with Crippen LogP contribution in [-0.2, 0) is 13.5 Å². The van der Waals surface area contributed by atoms with Gasteiger partial charge in [0.15, 0.2) is 0 Å². The molecular weight excluding hydrogens is 326 g/mol. The summed E-state index contributed by atoms with van der Waals surface area (Å²) in [6, 6.07) is 2.14. The van der Waals surface area contributed by atoms with Crippen molar-refractivity contribution < 1.29 is 4.79 Å². The summed E-state index contributed by atoms with van der Waals surface area (Å²) in [5.41, 5.74) is 3.01. The molecule has 26 heavy (non-hydrogen) atoms. The number of hydrogen-bond acceptors (Lipinski definition) is 4. The predicted molar refractivity (Wildman–Crippen MR) is 102 cm³/mol. The van der Waals surface area contributed by atoms with Gasteiger partial charge in [-0.2, -0.15) is 5.10 Å². The molecule has 1 aliphatic rings. The van der Waals surface area contributed by atoms with Gasteiger partial charge in [-0.1, -0.05) is 6.92 Å². The summed E-state index contributed by atoms with van der Waals surface area (Å²) in [6.45, 7) is 3.88. The summed E-state index contributed by atoms with van der Waals surface area (Å²) < 4.78 is 1.86. The Hall–Kier alpha value is -2.21. The minimum Gasteiger partial charge on any atom is -0.341 e. The topological polar surface area (TPSA) is 54.3 Å². The largest absolute Gasteiger partial charge is 0.341 e. The van der Waals surface area contributed by atoms with E-state index >= 15 is 0 Å². The monoisotopic (exact) mass is 355 g/mol. The lowest BCUT2D eigenvalue weighted by Gasteiger charge is -2.40. The zero-order valence-corrected chi connectivity index (χ0v) is 16.2. The van der Waals surface area contributed by atoms with Crippen LogP contribution in [0.25, 0.3) is 0 Å². The van der Waals surface area contributed by atoms with Crippen LogP contribution >= 0.6 is 0 Å². The third-order valence-electron chi connectivity index (χ3n) is 5.44. The molecule has 3 rings (SSSR count). The molecule has 0 aliphatic carbocycles. The van der Waals surface area contributed by atoms with Crippen molar-refractivity contribution >= 4 is 5.91 Å². The second kappa shape index (κ2) is 7.99. The number of amides is 1. The number of pyridine rings is 1. The van der Waals surface area contributed by atoms with Crippen molar-refractivity contribution in [3.8, 4) is 0 Å². The molecule has 2 aromatic heterocycles. The first-order valence-corrected chi connectivity index (χ1v) is 9.38. The van der Waals surface area contributed by atoms with Gasteiger partial charge in [-0.3, -0.25) is 19.4 Å². The molecule has 6 heteroatoms. The fourth-order valence-electron chi connectivity index (χ4n) is 4.13. The zero-order chi connectivity index (χ0) is 18.7. The van der Waals surface area contributed by atoms with Crippen molar-refractivity contribution in [2.24, 2.45) is 13.0 Å². The van der Waals surface area contributed by atoms with Gasteiger partial charge in [0.05, 0.1) is 6.20 Å². The fraction of sp³-hybridized carbons (Fsp3) is 0.550. The van der Waals surface area contributed by atoms with Gasteiger partial charge < -0.3 is 4.90 Å². The highest BCUT2D eigenvalue weighted by molar-refractivity contribution is 5.95. The van der Waals surface area contributed by atoms with Gasteiger partial charge in [0.25, 0.3) is 5.91 Å². The van der Waals surface area contributed by atoms with Gasteiger partial charge in [-0.05, 0) is 50.4 Å². The molecule has 0 spiro atoms. The van der Waals surface area contributed by atoms with Crippen molar-refractivity contribution in [1.29, 1.82) is 0 Å². The molecule has 2 atom stereocenters. The summed E-state index contributed by atoms with van der Waals surface area (Å²) in [7, 11) is 6.04. The van der Waals surface area contributed by atoms with E-state index in [1.807, 2.05) is 35.9 Å². The molecule has 0 saturated carbocycles. The molecule has 0 bridgehead atoms.